The third-order valence-electron chi connectivity index (χ3n) is 4.87. The normalized spacial score (nSPS) is 13.8. The first kappa shape index (κ1) is 25.8. The Balaban J connectivity index is 3.48. The number of hydrogen-bond donors (Lipinski definition) is 2. The van der Waals surface area contributed by atoms with Crippen molar-refractivity contribution in [3.05, 3.63) is 0 Å². The van der Waals surface area contributed by atoms with Crippen molar-refractivity contribution in [1.29, 1.82) is 0 Å². The fraction of sp³-hybridized carbons (Fsp3) is 1.00. The first-order valence-corrected chi connectivity index (χ1v) is 11.2. The summed E-state index contributed by atoms with van der Waals surface area (Å²) in [7, 11) is 0. The van der Waals surface area contributed by atoms with Gasteiger partial charge in [0.2, 0.25) is 0 Å². The van der Waals surface area contributed by atoms with E-state index in [1.165, 1.54) is 70.6 Å². The van der Waals surface area contributed by atoms with Crippen molar-refractivity contribution in [1.82, 2.24) is 0 Å². The van der Waals surface area contributed by atoms with E-state index in [0.717, 1.165) is 19.3 Å². The number of ether oxygens (including phenoxy) is 2. The number of aliphatic hydroxyl groups is 2. The zero-order chi connectivity index (χ0) is 19.3. The average Bonchev–Trinajstić information content (AvgIpc) is 2.65. The Kier molecular flexibility index (Phi) is 21.0. The molecule has 2 atom stereocenters. The van der Waals surface area contributed by atoms with Crippen LogP contribution in [0.25, 0.3) is 0 Å². The lowest BCUT2D eigenvalue weighted by Gasteiger charge is -2.21. The zero-order valence-corrected chi connectivity index (χ0v) is 17.6. The fourth-order valence-electron chi connectivity index (χ4n) is 3.05. The number of aliphatic hydroxyl groups excluding tert-OH is 2. The Morgan fingerprint density at radius 2 is 1.12 bits per heavy atom. The Hall–Kier alpha value is -0.160. The number of hydrogen-bond acceptors (Lipinski definition) is 4. The van der Waals surface area contributed by atoms with Crippen molar-refractivity contribution < 1.29 is 19.7 Å². The average molecular weight is 375 g/mol. The van der Waals surface area contributed by atoms with Gasteiger partial charge in [0.05, 0.1) is 13.2 Å². The van der Waals surface area contributed by atoms with Crippen molar-refractivity contribution in [3.63, 3.8) is 0 Å². The molecule has 0 bridgehead atoms. The molecule has 158 valence electrons. The molecule has 0 aliphatic heterocycles. The van der Waals surface area contributed by atoms with Crippen molar-refractivity contribution in [2.45, 2.75) is 116 Å². The van der Waals surface area contributed by atoms with E-state index in [1.807, 2.05) is 0 Å². The molecule has 0 fully saturated rings. The highest BCUT2D eigenvalue weighted by Crippen LogP contribution is 2.09. The molecule has 0 aromatic carbocycles. The highest BCUT2D eigenvalue weighted by Gasteiger charge is 2.19. The van der Waals surface area contributed by atoms with Crippen molar-refractivity contribution in [3.8, 4) is 0 Å². The first-order valence-electron chi connectivity index (χ1n) is 11.2. The van der Waals surface area contributed by atoms with Gasteiger partial charge in [-0.05, 0) is 12.8 Å². The van der Waals surface area contributed by atoms with E-state index in [2.05, 4.69) is 13.8 Å². The minimum atomic E-state index is -0.742. The second-order valence-electron chi connectivity index (χ2n) is 7.48. The number of rotatable bonds is 21. The van der Waals surface area contributed by atoms with Gasteiger partial charge in [-0.2, -0.15) is 0 Å². The summed E-state index contributed by atoms with van der Waals surface area (Å²) in [6.07, 6.45) is 16.1. The van der Waals surface area contributed by atoms with E-state index < -0.39 is 12.2 Å². The Labute approximate surface area is 162 Å². The summed E-state index contributed by atoms with van der Waals surface area (Å²) < 4.78 is 11.2. The first-order chi connectivity index (χ1) is 12.8. The molecule has 26 heavy (non-hydrogen) atoms. The molecule has 0 unspecified atom stereocenters. The monoisotopic (exact) mass is 374 g/mol. The second kappa shape index (κ2) is 21.1. The molecule has 0 aromatic heterocycles. The lowest BCUT2D eigenvalue weighted by Crippen LogP contribution is -2.36. The molecule has 0 aliphatic rings. The van der Waals surface area contributed by atoms with E-state index in [4.69, 9.17) is 9.47 Å². The number of unbranched alkanes of at least 4 members (excludes halogenated alkanes) is 12. The van der Waals surface area contributed by atoms with Crippen LogP contribution in [0.5, 0.6) is 0 Å². The Morgan fingerprint density at radius 3 is 1.62 bits per heavy atom. The van der Waals surface area contributed by atoms with Gasteiger partial charge in [-0.1, -0.05) is 90.9 Å². The summed E-state index contributed by atoms with van der Waals surface area (Å²) in [5.74, 6) is 0. The molecule has 2 N–H and O–H groups in total. The van der Waals surface area contributed by atoms with Gasteiger partial charge in [0.25, 0.3) is 0 Å². The van der Waals surface area contributed by atoms with Gasteiger partial charge < -0.3 is 19.7 Å². The maximum absolute atomic E-state index is 10.1. The largest absolute Gasteiger partial charge is 0.394 e. The second-order valence-corrected chi connectivity index (χ2v) is 7.48. The lowest BCUT2D eigenvalue weighted by atomic mass is 10.1. The van der Waals surface area contributed by atoms with Crippen LogP contribution in [0, 0.1) is 0 Å². The molecule has 0 amide bonds. The summed E-state index contributed by atoms with van der Waals surface area (Å²) in [5, 5.41) is 19.5. The molecular weight excluding hydrogens is 328 g/mol. The molecule has 0 aliphatic carbocycles. The van der Waals surface area contributed by atoms with E-state index in [9.17, 15) is 10.2 Å². The van der Waals surface area contributed by atoms with Crippen LogP contribution in [0.1, 0.15) is 104 Å². The molecule has 4 nitrogen and oxygen atoms in total. The van der Waals surface area contributed by atoms with Crippen LogP contribution in [0.15, 0.2) is 0 Å². The predicted molar refractivity (Wildman–Crippen MR) is 110 cm³/mol. The molecule has 0 radical (unpaired) electrons. The fourth-order valence-corrected chi connectivity index (χ4v) is 3.05. The topological polar surface area (TPSA) is 58.9 Å². The molecule has 4 heteroatoms. The van der Waals surface area contributed by atoms with Gasteiger partial charge in [0, 0.05) is 13.2 Å². The third-order valence-corrected chi connectivity index (χ3v) is 4.87. The van der Waals surface area contributed by atoms with Crippen molar-refractivity contribution >= 4 is 0 Å². The van der Waals surface area contributed by atoms with Gasteiger partial charge in [0.1, 0.15) is 12.2 Å². The quantitative estimate of drug-likeness (QED) is 0.270. The Morgan fingerprint density at radius 1 is 0.654 bits per heavy atom. The minimum Gasteiger partial charge on any atom is -0.394 e. The van der Waals surface area contributed by atoms with E-state index in [0.29, 0.717) is 13.2 Å². The predicted octanol–water partition coefficient (Wildman–Crippen LogP) is 5.24. The van der Waals surface area contributed by atoms with E-state index in [-0.39, 0.29) is 13.2 Å². The summed E-state index contributed by atoms with van der Waals surface area (Å²) in [6.45, 7) is 5.84. The van der Waals surface area contributed by atoms with Crippen LogP contribution < -0.4 is 0 Å². The Bertz CT molecular complexity index is 261. The minimum absolute atomic E-state index is 0.154. The molecule has 0 rings (SSSR count). The molecule has 0 aromatic rings. The SMILES string of the molecule is CCCCCCCCCOC[C@H](O)[C@@H](CO)OCCCCCCCCC. The highest BCUT2D eigenvalue weighted by molar-refractivity contribution is 4.67. The molecule has 0 heterocycles. The maximum atomic E-state index is 10.1. The van der Waals surface area contributed by atoms with Gasteiger partial charge in [0.15, 0.2) is 0 Å². The summed E-state index contributed by atoms with van der Waals surface area (Å²) >= 11 is 0. The summed E-state index contributed by atoms with van der Waals surface area (Å²) in [4.78, 5) is 0. The van der Waals surface area contributed by atoms with Gasteiger partial charge in [-0.15, -0.1) is 0 Å². The smallest absolute Gasteiger partial charge is 0.109 e. The zero-order valence-electron chi connectivity index (χ0n) is 17.6. The van der Waals surface area contributed by atoms with Gasteiger partial charge >= 0.3 is 0 Å². The van der Waals surface area contributed by atoms with E-state index in [1.54, 1.807) is 0 Å². The summed E-state index contributed by atoms with van der Waals surface area (Å²) in [6, 6.07) is 0. The maximum Gasteiger partial charge on any atom is 0.109 e. The van der Waals surface area contributed by atoms with Crippen LogP contribution in [0.3, 0.4) is 0 Å². The van der Waals surface area contributed by atoms with Crippen LogP contribution in [-0.2, 0) is 9.47 Å². The van der Waals surface area contributed by atoms with Gasteiger partial charge in [-0.3, -0.25) is 0 Å². The lowest BCUT2D eigenvalue weighted by molar-refractivity contribution is -0.0914. The van der Waals surface area contributed by atoms with Crippen LogP contribution in [-0.4, -0.2) is 48.8 Å². The summed E-state index contributed by atoms with van der Waals surface area (Å²) in [5.41, 5.74) is 0. The van der Waals surface area contributed by atoms with Crippen LogP contribution >= 0.6 is 0 Å². The third kappa shape index (κ3) is 17.3. The molecular formula is C22H46O4. The molecule has 0 saturated carbocycles. The van der Waals surface area contributed by atoms with Crippen LogP contribution in [0.4, 0.5) is 0 Å². The molecule has 0 spiro atoms. The standard InChI is InChI=1S/C22H46O4/c1-3-5-7-9-11-13-15-17-25-20-21(24)22(19-23)26-18-16-14-12-10-8-6-4-2/h21-24H,3-20H2,1-2H3/t21-,22+/m0/s1. The van der Waals surface area contributed by atoms with Gasteiger partial charge in [-0.25, -0.2) is 0 Å². The van der Waals surface area contributed by atoms with Crippen molar-refractivity contribution in [2.24, 2.45) is 0 Å². The van der Waals surface area contributed by atoms with Crippen LogP contribution in [0.2, 0.25) is 0 Å². The highest BCUT2D eigenvalue weighted by atomic mass is 16.5. The van der Waals surface area contributed by atoms with E-state index >= 15 is 0 Å². The molecule has 0 saturated heterocycles. The van der Waals surface area contributed by atoms with Crippen molar-refractivity contribution in [2.75, 3.05) is 26.4 Å².